The molecule has 7 heteroatoms. The second kappa shape index (κ2) is 10.3. The standard InChI is InChI=1S/C19H33BN2O4/c21-19(18(23)24,11-4-5-12-20(25)26)17-9-14-22(15-10-17)13-8-16-6-2-1-3-7-16/h2,6-7,17,25-26H,1,3-5,8-15,21H2,(H,23,24). The first-order valence-electron chi connectivity index (χ1n) is 9.88. The molecule has 26 heavy (non-hydrogen) atoms. The lowest BCUT2D eigenvalue weighted by molar-refractivity contribution is -0.147. The largest absolute Gasteiger partial charge is 0.480 e. The summed E-state index contributed by atoms with van der Waals surface area (Å²) in [5, 5.41) is 27.5. The molecule has 0 aromatic heterocycles. The van der Waals surface area contributed by atoms with Crippen LogP contribution in [-0.2, 0) is 4.79 Å². The summed E-state index contributed by atoms with van der Waals surface area (Å²) in [5.74, 6) is -0.956. The minimum Gasteiger partial charge on any atom is -0.480 e. The zero-order chi connectivity index (χ0) is 19.0. The molecule has 1 aliphatic heterocycles. The van der Waals surface area contributed by atoms with Crippen LogP contribution < -0.4 is 5.73 Å². The van der Waals surface area contributed by atoms with Crippen LogP contribution in [0.4, 0.5) is 0 Å². The van der Waals surface area contributed by atoms with E-state index >= 15 is 0 Å². The van der Waals surface area contributed by atoms with E-state index in [1.165, 1.54) is 5.57 Å². The van der Waals surface area contributed by atoms with Gasteiger partial charge in [0.05, 0.1) is 0 Å². The van der Waals surface area contributed by atoms with Crippen LogP contribution >= 0.6 is 0 Å². The van der Waals surface area contributed by atoms with E-state index in [-0.39, 0.29) is 12.2 Å². The minimum absolute atomic E-state index is 0.0240. The van der Waals surface area contributed by atoms with Crippen molar-refractivity contribution < 1.29 is 19.9 Å². The van der Waals surface area contributed by atoms with Gasteiger partial charge in [0.25, 0.3) is 0 Å². The molecular formula is C19H33BN2O4. The van der Waals surface area contributed by atoms with Crippen LogP contribution in [0.25, 0.3) is 0 Å². The van der Waals surface area contributed by atoms with E-state index in [9.17, 15) is 9.90 Å². The summed E-state index contributed by atoms with van der Waals surface area (Å²) in [4.78, 5) is 14.2. The lowest BCUT2D eigenvalue weighted by Crippen LogP contribution is -2.57. The lowest BCUT2D eigenvalue weighted by atomic mass is 9.74. The first-order chi connectivity index (χ1) is 12.4. The van der Waals surface area contributed by atoms with Gasteiger partial charge in [0, 0.05) is 6.54 Å². The van der Waals surface area contributed by atoms with Crippen LogP contribution in [0, 0.1) is 5.92 Å². The third kappa shape index (κ3) is 6.23. The molecule has 1 atom stereocenters. The van der Waals surface area contributed by atoms with Crippen molar-refractivity contribution in [2.24, 2.45) is 11.7 Å². The number of nitrogens with zero attached hydrogens (tertiary/aromatic N) is 1. The summed E-state index contributed by atoms with van der Waals surface area (Å²) < 4.78 is 0. The molecule has 146 valence electrons. The maximum atomic E-state index is 11.8. The molecule has 5 N–H and O–H groups in total. The molecule has 6 nitrogen and oxygen atoms in total. The fourth-order valence-corrected chi connectivity index (χ4v) is 4.04. The number of hydrogen-bond donors (Lipinski definition) is 4. The van der Waals surface area contributed by atoms with Gasteiger partial charge in [0.1, 0.15) is 5.54 Å². The van der Waals surface area contributed by atoms with Crippen LogP contribution in [-0.4, -0.2) is 58.3 Å². The van der Waals surface area contributed by atoms with E-state index in [1.807, 2.05) is 0 Å². The number of carboxylic acid groups (broad SMARTS) is 1. The summed E-state index contributed by atoms with van der Waals surface area (Å²) in [7, 11) is -1.33. The number of likely N-dealkylation sites (tertiary alicyclic amines) is 1. The number of carbonyl (C=O) groups is 1. The zero-order valence-corrected chi connectivity index (χ0v) is 15.6. The fourth-order valence-electron chi connectivity index (χ4n) is 4.04. The molecule has 1 saturated heterocycles. The highest BCUT2D eigenvalue weighted by atomic mass is 16.4. The van der Waals surface area contributed by atoms with Gasteiger partial charge in [-0.1, -0.05) is 36.6 Å². The van der Waals surface area contributed by atoms with Crippen LogP contribution in [0.1, 0.15) is 51.4 Å². The third-order valence-corrected chi connectivity index (χ3v) is 5.81. The molecule has 1 fully saturated rings. The van der Waals surface area contributed by atoms with Gasteiger partial charge in [-0.2, -0.15) is 0 Å². The van der Waals surface area contributed by atoms with Crippen molar-refractivity contribution in [1.82, 2.24) is 4.90 Å². The third-order valence-electron chi connectivity index (χ3n) is 5.81. The predicted octanol–water partition coefficient (Wildman–Crippen LogP) is 1.79. The van der Waals surface area contributed by atoms with Gasteiger partial charge in [0.2, 0.25) is 0 Å². The molecule has 0 amide bonds. The summed E-state index contributed by atoms with van der Waals surface area (Å²) >= 11 is 0. The van der Waals surface area contributed by atoms with Crippen LogP contribution in [0.2, 0.25) is 6.32 Å². The molecule has 0 saturated carbocycles. The fraction of sp³-hybridized carbons (Fsp3) is 0.737. The number of unbranched alkanes of at least 4 members (excludes halogenated alkanes) is 1. The van der Waals surface area contributed by atoms with Gasteiger partial charge >= 0.3 is 13.1 Å². The quantitative estimate of drug-likeness (QED) is 0.348. The van der Waals surface area contributed by atoms with Crippen molar-refractivity contribution >= 4 is 13.1 Å². The maximum Gasteiger partial charge on any atom is 0.451 e. The first kappa shape index (κ1) is 21.2. The second-order valence-electron chi connectivity index (χ2n) is 7.70. The van der Waals surface area contributed by atoms with Gasteiger partial charge < -0.3 is 25.8 Å². The Labute approximate surface area is 156 Å². The predicted molar refractivity (Wildman–Crippen MR) is 104 cm³/mol. The number of allylic oxidation sites excluding steroid dienone is 3. The summed E-state index contributed by atoms with van der Waals surface area (Å²) in [6.07, 6.45) is 13.5. The Kier molecular flexibility index (Phi) is 8.35. The van der Waals surface area contributed by atoms with E-state index in [4.69, 9.17) is 15.8 Å². The summed E-state index contributed by atoms with van der Waals surface area (Å²) in [6.45, 7) is 2.80. The molecule has 0 bridgehead atoms. The number of hydrogen-bond acceptors (Lipinski definition) is 5. The van der Waals surface area contributed by atoms with Gasteiger partial charge in [0.15, 0.2) is 0 Å². The van der Waals surface area contributed by atoms with Crippen molar-refractivity contribution in [3.8, 4) is 0 Å². The lowest BCUT2D eigenvalue weighted by Gasteiger charge is -2.40. The Morgan fingerprint density at radius 3 is 2.58 bits per heavy atom. The van der Waals surface area contributed by atoms with Crippen molar-refractivity contribution in [1.29, 1.82) is 0 Å². The van der Waals surface area contributed by atoms with Crippen molar-refractivity contribution in [3.63, 3.8) is 0 Å². The smallest absolute Gasteiger partial charge is 0.451 e. The number of aliphatic carboxylic acids is 1. The Balaban J connectivity index is 1.78. The first-order valence-corrected chi connectivity index (χ1v) is 9.88. The molecule has 1 aliphatic carbocycles. The van der Waals surface area contributed by atoms with E-state index in [1.54, 1.807) is 0 Å². The maximum absolute atomic E-state index is 11.8. The summed E-state index contributed by atoms with van der Waals surface area (Å²) in [5.41, 5.74) is 6.51. The molecule has 0 aromatic rings. The van der Waals surface area contributed by atoms with Gasteiger partial charge in [-0.25, -0.2) is 0 Å². The molecular weight excluding hydrogens is 331 g/mol. The van der Waals surface area contributed by atoms with E-state index < -0.39 is 18.6 Å². The summed E-state index contributed by atoms with van der Waals surface area (Å²) in [6, 6.07) is 0. The highest BCUT2D eigenvalue weighted by Gasteiger charge is 2.42. The van der Waals surface area contributed by atoms with Crippen LogP contribution in [0.5, 0.6) is 0 Å². The molecule has 2 aliphatic rings. The Bertz CT molecular complexity index is 516. The van der Waals surface area contributed by atoms with Crippen molar-refractivity contribution in [3.05, 3.63) is 23.8 Å². The van der Waals surface area contributed by atoms with Gasteiger partial charge in [-0.05, 0) is 63.9 Å². The second-order valence-corrected chi connectivity index (χ2v) is 7.70. The number of carboxylic acids is 1. The molecule has 1 heterocycles. The van der Waals surface area contributed by atoms with Gasteiger partial charge in [-0.3, -0.25) is 4.79 Å². The minimum atomic E-state index is -1.33. The SMILES string of the molecule is NC(CCCCB(O)O)(C(=O)O)C1CCN(CCC2=CCCC=C2)CC1. The Morgan fingerprint density at radius 2 is 2.00 bits per heavy atom. The van der Waals surface area contributed by atoms with E-state index in [0.29, 0.717) is 19.3 Å². The molecule has 0 aromatic carbocycles. The van der Waals surface area contributed by atoms with Crippen molar-refractivity contribution in [2.75, 3.05) is 19.6 Å². The topological polar surface area (TPSA) is 107 Å². The highest BCUT2D eigenvalue weighted by molar-refractivity contribution is 6.40. The zero-order valence-electron chi connectivity index (χ0n) is 15.6. The van der Waals surface area contributed by atoms with Crippen LogP contribution in [0.15, 0.2) is 23.8 Å². The molecule has 0 radical (unpaired) electrons. The van der Waals surface area contributed by atoms with E-state index in [2.05, 4.69) is 23.1 Å². The normalized spacial score (nSPS) is 21.3. The molecule has 2 rings (SSSR count). The number of piperidine rings is 1. The van der Waals surface area contributed by atoms with Crippen molar-refractivity contribution in [2.45, 2.75) is 63.2 Å². The van der Waals surface area contributed by atoms with E-state index in [0.717, 1.165) is 51.7 Å². The number of nitrogens with two attached hydrogens (primary N) is 1. The Hall–Kier alpha value is -1.15. The van der Waals surface area contributed by atoms with Crippen LogP contribution in [0.3, 0.4) is 0 Å². The average Bonchev–Trinajstić information content (AvgIpc) is 2.64. The monoisotopic (exact) mass is 364 g/mol. The highest BCUT2D eigenvalue weighted by Crippen LogP contribution is 2.31. The Morgan fingerprint density at radius 1 is 1.27 bits per heavy atom. The van der Waals surface area contributed by atoms with Gasteiger partial charge in [-0.15, -0.1) is 0 Å². The number of rotatable bonds is 10. The molecule has 1 unspecified atom stereocenters. The molecule has 0 spiro atoms. The average molecular weight is 364 g/mol.